The van der Waals surface area contributed by atoms with Crippen LogP contribution in [0.1, 0.15) is 26.4 Å². The summed E-state index contributed by atoms with van der Waals surface area (Å²) in [6.45, 7) is 4.06. The predicted octanol–water partition coefficient (Wildman–Crippen LogP) is 5.10. The average Bonchev–Trinajstić information content (AvgIpc) is 3.12. The summed E-state index contributed by atoms with van der Waals surface area (Å²) >= 11 is 1.31. The topological polar surface area (TPSA) is 81.5 Å². The van der Waals surface area contributed by atoms with E-state index in [0.29, 0.717) is 4.88 Å². The monoisotopic (exact) mass is 382 g/mol. The molecule has 0 saturated carbocycles. The molecule has 138 valence electrons. The summed E-state index contributed by atoms with van der Waals surface area (Å²) in [7, 11) is 0. The van der Waals surface area contributed by atoms with E-state index in [0.717, 1.165) is 22.4 Å². The first kappa shape index (κ1) is 18.6. The van der Waals surface area contributed by atoms with E-state index in [1.807, 2.05) is 37.4 Å². The number of nitrogens with one attached hydrogen (secondary N) is 1. The standard InChI is InChI=1S/C20H18N2O4S/c1-13-7-8-14(2)16(9-13)21-20(23)19-10-15(12-27-19)11-26-18-6-4-3-5-17(18)22(24)25/h3-10,12H,11H2,1-2H3,(H,21,23). The molecule has 0 atom stereocenters. The van der Waals surface area contributed by atoms with E-state index in [-0.39, 0.29) is 24.0 Å². The van der Waals surface area contributed by atoms with Gasteiger partial charge in [0, 0.05) is 17.3 Å². The molecule has 3 aromatic rings. The zero-order valence-electron chi connectivity index (χ0n) is 14.9. The number of carbonyl (C=O) groups excluding carboxylic acids is 1. The Hall–Kier alpha value is -3.19. The maximum atomic E-state index is 12.5. The molecule has 1 heterocycles. The Morgan fingerprint density at radius 3 is 2.74 bits per heavy atom. The first-order valence-electron chi connectivity index (χ1n) is 8.26. The van der Waals surface area contributed by atoms with E-state index >= 15 is 0 Å². The van der Waals surface area contributed by atoms with Crippen LogP contribution in [0.2, 0.25) is 0 Å². The summed E-state index contributed by atoms with van der Waals surface area (Å²) in [4.78, 5) is 23.6. The van der Waals surface area contributed by atoms with Gasteiger partial charge in [0.1, 0.15) is 6.61 Å². The molecule has 7 heteroatoms. The van der Waals surface area contributed by atoms with Crippen LogP contribution < -0.4 is 10.1 Å². The number of thiophene rings is 1. The predicted molar refractivity (Wildman–Crippen MR) is 106 cm³/mol. The Kier molecular flexibility index (Phi) is 5.52. The third-order valence-electron chi connectivity index (χ3n) is 3.98. The number of carbonyl (C=O) groups is 1. The minimum Gasteiger partial charge on any atom is -0.482 e. The summed E-state index contributed by atoms with van der Waals surface area (Å²) in [6.07, 6.45) is 0. The molecule has 0 spiro atoms. The van der Waals surface area contributed by atoms with Crippen molar-refractivity contribution in [1.29, 1.82) is 0 Å². The molecule has 2 aromatic carbocycles. The fourth-order valence-electron chi connectivity index (χ4n) is 2.52. The molecule has 0 fully saturated rings. The Balaban J connectivity index is 1.67. The average molecular weight is 382 g/mol. The lowest BCUT2D eigenvalue weighted by molar-refractivity contribution is -0.385. The second-order valence-corrected chi connectivity index (χ2v) is 7.02. The molecule has 0 aliphatic rings. The van der Waals surface area contributed by atoms with Crippen molar-refractivity contribution in [2.45, 2.75) is 20.5 Å². The molecule has 0 aliphatic heterocycles. The van der Waals surface area contributed by atoms with E-state index in [1.54, 1.807) is 24.3 Å². The number of hydrogen-bond acceptors (Lipinski definition) is 5. The van der Waals surface area contributed by atoms with Crippen LogP contribution in [0.4, 0.5) is 11.4 Å². The van der Waals surface area contributed by atoms with Crippen molar-refractivity contribution in [2.75, 3.05) is 5.32 Å². The molecule has 0 radical (unpaired) electrons. The minimum atomic E-state index is -0.480. The van der Waals surface area contributed by atoms with Crippen molar-refractivity contribution in [3.63, 3.8) is 0 Å². The van der Waals surface area contributed by atoms with Gasteiger partial charge >= 0.3 is 5.69 Å². The van der Waals surface area contributed by atoms with Gasteiger partial charge in [-0.3, -0.25) is 14.9 Å². The molecule has 1 N–H and O–H groups in total. The van der Waals surface area contributed by atoms with Gasteiger partial charge < -0.3 is 10.1 Å². The van der Waals surface area contributed by atoms with E-state index in [4.69, 9.17) is 4.74 Å². The van der Waals surface area contributed by atoms with Gasteiger partial charge in [0.15, 0.2) is 5.75 Å². The molecule has 0 aliphatic carbocycles. The van der Waals surface area contributed by atoms with Crippen molar-refractivity contribution < 1.29 is 14.5 Å². The number of hydrogen-bond donors (Lipinski definition) is 1. The highest BCUT2D eigenvalue weighted by atomic mass is 32.1. The van der Waals surface area contributed by atoms with Gasteiger partial charge in [-0.05, 0) is 48.6 Å². The van der Waals surface area contributed by atoms with Gasteiger partial charge in [-0.25, -0.2) is 0 Å². The van der Waals surface area contributed by atoms with Gasteiger partial charge in [-0.15, -0.1) is 11.3 Å². The van der Waals surface area contributed by atoms with Crippen LogP contribution in [0.5, 0.6) is 5.75 Å². The maximum absolute atomic E-state index is 12.5. The van der Waals surface area contributed by atoms with E-state index in [9.17, 15) is 14.9 Å². The highest BCUT2D eigenvalue weighted by Gasteiger charge is 2.15. The van der Waals surface area contributed by atoms with Gasteiger partial charge in [-0.2, -0.15) is 0 Å². The molecule has 6 nitrogen and oxygen atoms in total. The van der Waals surface area contributed by atoms with Crippen LogP contribution in [-0.2, 0) is 6.61 Å². The van der Waals surface area contributed by atoms with Crippen molar-refractivity contribution in [3.8, 4) is 5.75 Å². The van der Waals surface area contributed by atoms with Gasteiger partial charge in [-0.1, -0.05) is 24.3 Å². The number of nitrogens with zero attached hydrogens (tertiary/aromatic N) is 1. The van der Waals surface area contributed by atoms with Gasteiger partial charge in [0.25, 0.3) is 5.91 Å². The quantitative estimate of drug-likeness (QED) is 0.475. The van der Waals surface area contributed by atoms with Crippen LogP contribution >= 0.6 is 11.3 Å². The smallest absolute Gasteiger partial charge is 0.310 e. The van der Waals surface area contributed by atoms with Crippen LogP contribution in [0.15, 0.2) is 53.9 Å². The maximum Gasteiger partial charge on any atom is 0.310 e. The van der Waals surface area contributed by atoms with Gasteiger partial charge in [0.05, 0.1) is 9.80 Å². The number of nitro benzene ring substituents is 1. The minimum absolute atomic E-state index is 0.0828. The van der Waals surface area contributed by atoms with Crippen molar-refractivity contribution in [1.82, 2.24) is 0 Å². The fourth-order valence-corrected chi connectivity index (χ4v) is 3.31. The third kappa shape index (κ3) is 4.51. The highest BCUT2D eigenvalue weighted by molar-refractivity contribution is 7.12. The van der Waals surface area contributed by atoms with Crippen LogP contribution in [-0.4, -0.2) is 10.8 Å². The number of benzene rings is 2. The summed E-state index contributed by atoms with van der Waals surface area (Å²) in [6, 6.07) is 13.8. The number of anilines is 1. The van der Waals surface area contributed by atoms with Crippen molar-refractivity contribution in [2.24, 2.45) is 0 Å². The second-order valence-electron chi connectivity index (χ2n) is 6.11. The largest absolute Gasteiger partial charge is 0.482 e. The third-order valence-corrected chi connectivity index (χ3v) is 4.95. The van der Waals surface area contributed by atoms with E-state index in [2.05, 4.69) is 5.32 Å². The molecular weight excluding hydrogens is 364 g/mol. The van der Waals surface area contributed by atoms with Crippen molar-refractivity contribution in [3.05, 3.63) is 85.6 Å². The second kappa shape index (κ2) is 8.01. The molecule has 27 heavy (non-hydrogen) atoms. The van der Waals surface area contributed by atoms with Crippen LogP contribution in [0.3, 0.4) is 0 Å². The molecule has 3 rings (SSSR count). The number of ether oxygens (including phenoxy) is 1. The van der Waals surface area contributed by atoms with E-state index < -0.39 is 4.92 Å². The number of para-hydroxylation sites is 2. The number of nitro groups is 1. The Morgan fingerprint density at radius 1 is 1.19 bits per heavy atom. The molecule has 0 unspecified atom stereocenters. The molecule has 0 bridgehead atoms. The summed E-state index contributed by atoms with van der Waals surface area (Å²) in [5, 5.41) is 15.8. The molecule has 1 aromatic heterocycles. The Bertz CT molecular complexity index is 997. The SMILES string of the molecule is Cc1ccc(C)c(NC(=O)c2cc(COc3ccccc3[N+](=O)[O-])cs2)c1. The summed E-state index contributed by atoms with van der Waals surface area (Å²) < 4.78 is 5.56. The molecule has 1 amide bonds. The summed E-state index contributed by atoms with van der Waals surface area (Å²) in [5.41, 5.74) is 3.54. The van der Waals surface area contributed by atoms with Gasteiger partial charge in [0.2, 0.25) is 0 Å². The molecular formula is C20H18N2O4S. The first-order valence-corrected chi connectivity index (χ1v) is 9.14. The van der Waals surface area contributed by atoms with Crippen molar-refractivity contribution >= 4 is 28.6 Å². The highest BCUT2D eigenvalue weighted by Crippen LogP contribution is 2.27. The zero-order chi connectivity index (χ0) is 19.4. The lowest BCUT2D eigenvalue weighted by Crippen LogP contribution is -2.11. The number of rotatable bonds is 6. The zero-order valence-corrected chi connectivity index (χ0v) is 15.7. The first-order chi connectivity index (χ1) is 12.9. The Labute approximate surface area is 160 Å². The van der Waals surface area contributed by atoms with E-state index in [1.165, 1.54) is 17.4 Å². The lowest BCUT2D eigenvalue weighted by Gasteiger charge is -2.08. The lowest BCUT2D eigenvalue weighted by atomic mass is 10.1. The number of amides is 1. The Morgan fingerprint density at radius 2 is 1.96 bits per heavy atom. The number of aryl methyl sites for hydroxylation is 2. The fraction of sp³-hybridized carbons (Fsp3) is 0.150. The molecule has 0 saturated heterocycles. The summed E-state index contributed by atoms with van der Waals surface area (Å²) in [5.74, 6) is 0.0146. The van der Waals surface area contributed by atoms with Crippen LogP contribution in [0.25, 0.3) is 0 Å². The van der Waals surface area contributed by atoms with Crippen LogP contribution in [0, 0.1) is 24.0 Å². The normalized spacial score (nSPS) is 10.4.